The first kappa shape index (κ1) is 21.5. The Bertz CT molecular complexity index is 1180. The minimum absolute atomic E-state index is 0.0150. The van der Waals surface area contributed by atoms with Gasteiger partial charge in [-0.15, -0.1) is 0 Å². The van der Waals surface area contributed by atoms with Crippen LogP contribution in [0.15, 0.2) is 79.1 Å². The van der Waals surface area contributed by atoms with Gasteiger partial charge in [0.15, 0.2) is 5.82 Å². The Morgan fingerprint density at radius 3 is 2.42 bits per heavy atom. The molecular formula is C27H28N4O2. The largest absolute Gasteiger partial charge is 0.381 e. The van der Waals surface area contributed by atoms with Gasteiger partial charge in [0.25, 0.3) is 0 Å². The van der Waals surface area contributed by atoms with Gasteiger partial charge in [0.1, 0.15) is 11.9 Å². The van der Waals surface area contributed by atoms with Crippen LogP contribution in [0.5, 0.6) is 0 Å². The number of anilines is 1. The number of pyridine rings is 1. The van der Waals surface area contributed by atoms with Crippen LogP contribution >= 0.6 is 0 Å². The molecular weight excluding hydrogens is 412 g/mol. The van der Waals surface area contributed by atoms with E-state index >= 15 is 0 Å². The second-order valence-corrected chi connectivity index (χ2v) is 8.36. The smallest absolute Gasteiger partial charge is 0.162 e. The molecule has 0 spiro atoms. The van der Waals surface area contributed by atoms with E-state index in [1.54, 1.807) is 12.4 Å². The van der Waals surface area contributed by atoms with Gasteiger partial charge in [0.05, 0.1) is 17.7 Å². The maximum atomic E-state index is 6.64. The summed E-state index contributed by atoms with van der Waals surface area (Å²) in [5.41, 5.74) is 2.98. The SMILES string of the molecule is CC(Nc1nc(-c2ccncc2)nc2ccccc12)C(OC1CCOCC1)c1ccccc1. The highest BCUT2D eigenvalue weighted by Gasteiger charge is 2.26. The van der Waals surface area contributed by atoms with Crippen molar-refractivity contribution in [1.29, 1.82) is 0 Å². The van der Waals surface area contributed by atoms with Crippen LogP contribution < -0.4 is 5.32 Å². The third kappa shape index (κ3) is 5.02. The lowest BCUT2D eigenvalue weighted by Crippen LogP contribution is -2.33. The summed E-state index contributed by atoms with van der Waals surface area (Å²) in [5.74, 6) is 1.48. The normalized spacial score (nSPS) is 16.4. The Hall–Kier alpha value is -3.35. The zero-order valence-corrected chi connectivity index (χ0v) is 18.7. The van der Waals surface area contributed by atoms with Gasteiger partial charge in [-0.1, -0.05) is 42.5 Å². The van der Waals surface area contributed by atoms with Crippen molar-refractivity contribution in [3.8, 4) is 11.4 Å². The van der Waals surface area contributed by atoms with E-state index in [4.69, 9.17) is 19.4 Å². The van der Waals surface area contributed by atoms with Gasteiger partial charge in [0, 0.05) is 36.6 Å². The summed E-state index contributed by atoms with van der Waals surface area (Å²) in [4.78, 5) is 13.8. The van der Waals surface area contributed by atoms with Crippen LogP contribution in [-0.4, -0.2) is 40.3 Å². The quantitative estimate of drug-likeness (QED) is 0.413. The molecule has 2 atom stereocenters. The molecule has 0 bridgehead atoms. The van der Waals surface area contributed by atoms with Crippen LogP contribution in [0.4, 0.5) is 5.82 Å². The van der Waals surface area contributed by atoms with E-state index in [1.165, 1.54) is 0 Å². The molecule has 1 saturated heterocycles. The molecule has 6 heteroatoms. The first-order valence-electron chi connectivity index (χ1n) is 11.5. The molecule has 168 valence electrons. The van der Waals surface area contributed by atoms with Crippen molar-refractivity contribution in [2.24, 2.45) is 0 Å². The van der Waals surface area contributed by atoms with E-state index in [1.807, 2.05) is 36.4 Å². The summed E-state index contributed by atoms with van der Waals surface area (Å²) in [6.07, 6.45) is 5.42. The van der Waals surface area contributed by atoms with Crippen molar-refractivity contribution in [2.75, 3.05) is 18.5 Å². The predicted octanol–water partition coefficient (Wildman–Crippen LogP) is 5.43. The maximum Gasteiger partial charge on any atom is 0.162 e. The number of ether oxygens (including phenoxy) is 2. The molecule has 4 aromatic rings. The van der Waals surface area contributed by atoms with Gasteiger partial charge in [-0.2, -0.15) is 0 Å². The van der Waals surface area contributed by atoms with Gasteiger partial charge < -0.3 is 14.8 Å². The number of nitrogens with one attached hydrogen (secondary N) is 1. The van der Waals surface area contributed by atoms with Crippen LogP contribution in [0, 0.1) is 0 Å². The molecule has 3 heterocycles. The number of hydrogen-bond donors (Lipinski definition) is 1. The Kier molecular flexibility index (Phi) is 6.56. The van der Waals surface area contributed by atoms with Gasteiger partial charge in [-0.05, 0) is 49.6 Å². The fraction of sp³-hybridized carbons (Fsp3) is 0.296. The second-order valence-electron chi connectivity index (χ2n) is 8.36. The van der Waals surface area contributed by atoms with E-state index in [-0.39, 0.29) is 18.2 Å². The third-order valence-electron chi connectivity index (χ3n) is 6.00. The zero-order valence-electron chi connectivity index (χ0n) is 18.7. The van der Waals surface area contributed by atoms with E-state index in [9.17, 15) is 0 Å². The van der Waals surface area contributed by atoms with Crippen molar-refractivity contribution < 1.29 is 9.47 Å². The predicted molar refractivity (Wildman–Crippen MR) is 130 cm³/mol. The molecule has 0 saturated carbocycles. The van der Waals surface area contributed by atoms with Crippen molar-refractivity contribution in [3.63, 3.8) is 0 Å². The number of aromatic nitrogens is 3. The van der Waals surface area contributed by atoms with E-state index < -0.39 is 0 Å². The summed E-state index contributed by atoms with van der Waals surface area (Å²) in [7, 11) is 0. The average Bonchev–Trinajstić information content (AvgIpc) is 2.89. The number of rotatable bonds is 7. The fourth-order valence-corrected chi connectivity index (χ4v) is 4.26. The second kappa shape index (κ2) is 10.1. The summed E-state index contributed by atoms with van der Waals surface area (Å²) >= 11 is 0. The molecule has 1 N–H and O–H groups in total. The molecule has 0 amide bonds. The molecule has 5 rings (SSSR count). The Morgan fingerprint density at radius 2 is 1.64 bits per heavy atom. The van der Waals surface area contributed by atoms with Crippen LogP contribution in [-0.2, 0) is 9.47 Å². The van der Waals surface area contributed by atoms with Crippen LogP contribution in [0.25, 0.3) is 22.3 Å². The molecule has 6 nitrogen and oxygen atoms in total. The number of fused-ring (bicyclic) bond motifs is 1. The molecule has 1 aliphatic rings. The Labute approximate surface area is 194 Å². The molecule has 2 unspecified atom stereocenters. The molecule has 0 aliphatic carbocycles. The number of para-hydroxylation sites is 1. The minimum Gasteiger partial charge on any atom is -0.381 e. The van der Waals surface area contributed by atoms with Crippen molar-refractivity contribution >= 4 is 16.7 Å². The van der Waals surface area contributed by atoms with Crippen molar-refractivity contribution in [1.82, 2.24) is 15.0 Å². The van der Waals surface area contributed by atoms with Gasteiger partial charge in [0.2, 0.25) is 0 Å². The number of benzene rings is 2. The van der Waals surface area contributed by atoms with Crippen LogP contribution in [0.3, 0.4) is 0 Å². The summed E-state index contributed by atoms with van der Waals surface area (Å²) < 4.78 is 12.2. The van der Waals surface area contributed by atoms with Gasteiger partial charge in [-0.25, -0.2) is 9.97 Å². The Balaban J connectivity index is 1.48. The van der Waals surface area contributed by atoms with Crippen molar-refractivity contribution in [3.05, 3.63) is 84.7 Å². The number of hydrogen-bond acceptors (Lipinski definition) is 6. The Morgan fingerprint density at radius 1 is 0.909 bits per heavy atom. The summed E-state index contributed by atoms with van der Waals surface area (Å²) in [5, 5.41) is 4.65. The highest BCUT2D eigenvalue weighted by molar-refractivity contribution is 5.90. The molecule has 2 aromatic heterocycles. The maximum absolute atomic E-state index is 6.64. The van der Waals surface area contributed by atoms with Crippen LogP contribution in [0.1, 0.15) is 31.4 Å². The standard InChI is InChI=1S/C27H28N4O2/c1-19(25(20-7-3-2-4-8-20)33-22-13-17-32-18-14-22)29-27-23-9-5-6-10-24(23)30-26(31-27)21-11-15-28-16-12-21/h2-12,15-16,19,22,25H,13-14,17-18H2,1H3,(H,29,30,31). The molecule has 1 fully saturated rings. The summed E-state index contributed by atoms with van der Waals surface area (Å²) in [6, 6.07) is 22.3. The minimum atomic E-state index is -0.118. The fourth-order valence-electron chi connectivity index (χ4n) is 4.26. The lowest BCUT2D eigenvalue weighted by atomic mass is 10.0. The number of nitrogens with zero attached hydrogens (tertiary/aromatic N) is 3. The first-order valence-corrected chi connectivity index (χ1v) is 11.5. The zero-order chi connectivity index (χ0) is 22.5. The van der Waals surface area contributed by atoms with E-state index in [2.05, 4.69) is 47.6 Å². The molecule has 1 aliphatic heterocycles. The topological polar surface area (TPSA) is 69.2 Å². The highest BCUT2D eigenvalue weighted by Crippen LogP contribution is 2.31. The van der Waals surface area contributed by atoms with Crippen molar-refractivity contribution in [2.45, 2.75) is 38.0 Å². The lowest BCUT2D eigenvalue weighted by molar-refractivity contribution is -0.0738. The molecule has 33 heavy (non-hydrogen) atoms. The van der Waals surface area contributed by atoms with Gasteiger partial charge >= 0.3 is 0 Å². The molecule has 2 aromatic carbocycles. The monoisotopic (exact) mass is 440 g/mol. The first-order chi connectivity index (χ1) is 16.3. The van der Waals surface area contributed by atoms with Gasteiger partial charge in [-0.3, -0.25) is 4.98 Å². The van der Waals surface area contributed by atoms with Crippen LogP contribution in [0.2, 0.25) is 0 Å². The third-order valence-corrected chi connectivity index (χ3v) is 6.00. The molecule has 0 radical (unpaired) electrons. The summed E-state index contributed by atoms with van der Waals surface area (Å²) in [6.45, 7) is 3.65. The van der Waals surface area contributed by atoms with E-state index in [0.29, 0.717) is 5.82 Å². The lowest BCUT2D eigenvalue weighted by Gasteiger charge is -2.32. The highest BCUT2D eigenvalue weighted by atomic mass is 16.5. The van der Waals surface area contributed by atoms with E-state index in [0.717, 1.165) is 53.9 Å². The average molecular weight is 441 g/mol.